The molecule has 0 unspecified atom stereocenters. The van der Waals surface area contributed by atoms with Crippen LogP contribution >= 0.6 is 11.8 Å². The van der Waals surface area contributed by atoms with Crippen LogP contribution in [0.4, 0.5) is 0 Å². The van der Waals surface area contributed by atoms with Crippen molar-refractivity contribution in [3.8, 4) is 0 Å². The minimum atomic E-state index is -1.40. The van der Waals surface area contributed by atoms with E-state index in [1.165, 1.54) is 11.8 Å². The van der Waals surface area contributed by atoms with E-state index in [9.17, 15) is 20.4 Å². The summed E-state index contributed by atoms with van der Waals surface area (Å²) in [6.07, 6.45) is -2.61. The van der Waals surface area contributed by atoms with Crippen molar-refractivity contribution in [1.82, 2.24) is 0 Å². The number of fused-ring (bicyclic) bond motifs is 2. The van der Waals surface area contributed by atoms with E-state index in [1.807, 2.05) is 25.1 Å². The molecule has 2 heterocycles. The monoisotopic (exact) mass is 432 g/mol. The Morgan fingerprint density at radius 2 is 1.73 bits per heavy atom. The number of benzene rings is 2. The quantitative estimate of drug-likeness (QED) is 0.479. The Bertz CT molecular complexity index is 899. The van der Waals surface area contributed by atoms with Crippen LogP contribution in [-0.4, -0.2) is 62.3 Å². The number of rotatable bonds is 5. The fraction of sp³-hybridized carbons (Fsp3) is 0.478. The lowest BCUT2D eigenvalue weighted by atomic mass is 9.89. The molecule has 4 rings (SSSR count). The summed E-state index contributed by atoms with van der Waals surface area (Å²) in [5, 5.41) is 49.5. The van der Waals surface area contributed by atoms with Crippen molar-refractivity contribution >= 4 is 11.8 Å². The first-order valence-corrected chi connectivity index (χ1v) is 11.1. The second-order valence-electron chi connectivity index (χ2n) is 8.12. The fourth-order valence-electron chi connectivity index (χ4n) is 4.37. The summed E-state index contributed by atoms with van der Waals surface area (Å²) < 4.78 is 6.02. The molecule has 1 fully saturated rings. The van der Waals surface area contributed by atoms with Gasteiger partial charge in [-0.1, -0.05) is 36.4 Å². The van der Waals surface area contributed by atoms with Crippen LogP contribution in [0.5, 0.6) is 0 Å². The Labute approximate surface area is 180 Å². The first-order valence-electron chi connectivity index (χ1n) is 10.2. The summed E-state index contributed by atoms with van der Waals surface area (Å²) in [4.78, 5) is -1.21. The van der Waals surface area contributed by atoms with Crippen molar-refractivity contribution in [2.45, 2.75) is 54.9 Å². The summed E-state index contributed by atoms with van der Waals surface area (Å²) in [6, 6.07) is 12.2. The number of aliphatic hydroxyl groups is 5. The molecule has 0 amide bonds. The van der Waals surface area contributed by atoms with Gasteiger partial charge in [0.25, 0.3) is 0 Å². The highest BCUT2D eigenvalue weighted by atomic mass is 32.2. The molecule has 0 saturated carbocycles. The van der Waals surface area contributed by atoms with Crippen LogP contribution in [0.15, 0.2) is 36.4 Å². The molecule has 6 nitrogen and oxygen atoms in total. The average Bonchev–Trinajstić information content (AvgIpc) is 3.09. The van der Waals surface area contributed by atoms with Crippen molar-refractivity contribution in [2.24, 2.45) is 0 Å². The van der Waals surface area contributed by atoms with Crippen LogP contribution in [0.3, 0.4) is 0 Å². The van der Waals surface area contributed by atoms with Crippen molar-refractivity contribution in [3.63, 3.8) is 0 Å². The molecule has 7 heteroatoms. The van der Waals surface area contributed by atoms with E-state index in [-0.39, 0.29) is 13.2 Å². The molecule has 1 spiro atoms. The first-order chi connectivity index (χ1) is 14.4. The lowest BCUT2D eigenvalue weighted by molar-refractivity contribution is -0.147. The number of thioether (sulfide) groups is 1. The van der Waals surface area contributed by atoms with E-state index in [4.69, 9.17) is 9.84 Å². The molecule has 0 radical (unpaired) electrons. The van der Waals surface area contributed by atoms with Crippen LogP contribution in [0, 0.1) is 6.92 Å². The van der Waals surface area contributed by atoms with E-state index < -0.39 is 28.5 Å². The maximum atomic E-state index is 10.8. The normalized spacial score (nSPS) is 30.6. The zero-order valence-electron chi connectivity index (χ0n) is 16.9. The molecule has 0 bridgehead atoms. The van der Waals surface area contributed by atoms with Gasteiger partial charge in [-0.3, -0.25) is 0 Å². The third-order valence-electron chi connectivity index (χ3n) is 6.15. The Balaban J connectivity index is 1.67. The van der Waals surface area contributed by atoms with Crippen LogP contribution in [-0.2, 0) is 29.1 Å². The summed E-state index contributed by atoms with van der Waals surface area (Å²) in [7, 11) is 0. The number of aliphatic hydroxyl groups excluding tert-OH is 5. The molecule has 2 aliphatic rings. The molecule has 0 aliphatic carbocycles. The fourth-order valence-corrected chi connectivity index (χ4v) is 5.91. The SMILES string of the molecule is Cc1cc2c(cc1Cc1ccc(CCO)cc1)[C@]1(OC2)S[C@H](CO)[C@@H](O)[C@H](O)[C@H]1O. The molecule has 30 heavy (non-hydrogen) atoms. The standard InChI is InChI=1S/C23H28O6S/c1-13-8-17-12-29-23(22(28)21(27)20(26)19(11-25)30-23)18(17)10-16(13)9-15-4-2-14(3-5-15)6-7-24/h2-5,8,10,19-22,24-28H,6-7,9,11-12H2,1H3/t19-,20-,21+,22-,23+/m1/s1. The zero-order chi connectivity index (χ0) is 21.5. The van der Waals surface area contributed by atoms with Crippen molar-refractivity contribution in [1.29, 1.82) is 0 Å². The molecular weight excluding hydrogens is 404 g/mol. The Hall–Kier alpha value is -1.45. The zero-order valence-corrected chi connectivity index (χ0v) is 17.7. The van der Waals surface area contributed by atoms with Gasteiger partial charge in [0.15, 0.2) is 4.93 Å². The van der Waals surface area contributed by atoms with Crippen molar-refractivity contribution in [2.75, 3.05) is 13.2 Å². The lowest BCUT2D eigenvalue weighted by Crippen LogP contribution is -2.58. The van der Waals surface area contributed by atoms with Gasteiger partial charge in [-0.2, -0.15) is 0 Å². The highest BCUT2D eigenvalue weighted by Crippen LogP contribution is 2.54. The molecule has 5 N–H and O–H groups in total. The predicted octanol–water partition coefficient (Wildman–Crippen LogP) is 0.994. The summed E-state index contributed by atoms with van der Waals surface area (Å²) in [5.41, 5.74) is 6.16. The van der Waals surface area contributed by atoms with Crippen LogP contribution in [0.1, 0.15) is 33.4 Å². The molecule has 1 saturated heterocycles. The highest BCUT2D eigenvalue weighted by Gasteiger charge is 2.57. The molecule has 162 valence electrons. The number of hydrogen-bond donors (Lipinski definition) is 5. The number of aryl methyl sites for hydroxylation is 1. The van der Waals surface area contributed by atoms with Gasteiger partial charge in [0.1, 0.15) is 12.2 Å². The molecule has 2 aromatic carbocycles. The van der Waals surface area contributed by atoms with Gasteiger partial charge < -0.3 is 30.3 Å². The van der Waals surface area contributed by atoms with E-state index in [0.29, 0.717) is 19.4 Å². The number of hydrogen-bond acceptors (Lipinski definition) is 7. The van der Waals surface area contributed by atoms with Crippen LogP contribution < -0.4 is 0 Å². The van der Waals surface area contributed by atoms with Gasteiger partial charge in [-0.15, -0.1) is 11.8 Å². The molecule has 2 aliphatic heterocycles. The summed E-state index contributed by atoms with van der Waals surface area (Å²) >= 11 is 1.18. The minimum Gasteiger partial charge on any atom is -0.396 e. The first kappa shape index (κ1) is 21.8. The largest absolute Gasteiger partial charge is 0.396 e. The predicted molar refractivity (Wildman–Crippen MR) is 114 cm³/mol. The van der Waals surface area contributed by atoms with Crippen LogP contribution in [0.2, 0.25) is 0 Å². The third-order valence-corrected chi connectivity index (χ3v) is 7.81. The van der Waals surface area contributed by atoms with Gasteiger partial charge in [-0.05, 0) is 47.6 Å². The van der Waals surface area contributed by atoms with E-state index >= 15 is 0 Å². The van der Waals surface area contributed by atoms with Crippen molar-refractivity contribution in [3.05, 3.63) is 69.8 Å². The van der Waals surface area contributed by atoms with Gasteiger partial charge in [-0.25, -0.2) is 0 Å². The smallest absolute Gasteiger partial charge is 0.168 e. The second-order valence-corrected chi connectivity index (χ2v) is 9.57. The van der Waals surface area contributed by atoms with Crippen LogP contribution in [0.25, 0.3) is 0 Å². The van der Waals surface area contributed by atoms with Gasteiger partial charge in [0.2, 0.25) is 0 Å². The van der Waals surface area contributed by atoms with Gasteiger partial charge >= 0.3 is 0 Å². The lowest BCUT2D eigenvalue weighted by Gasteiger charge is -2.45. The maximum Gasteiger partial charge on any atom is 0.168 e. The highest BCUT2D eigenvalue weighted by molar-refractivity contribution is 8.00. The molecular formula is C23H28O6S. The summed E-state index contributed by atoms with van der Waals surface area (Å²) in [6.45, 7) is 2.15. The van der Waals surface area contributed by atoms with E-state index in [0.717, 1.165) is 33.4 Å². The second kappa shape index (κ2) is 8.59. The van der Waals surface area contributed by atoms with Gasteiger partial charge in [0, 0.05) is 12.2 Å². The third kappa shape index (κ3) is 3.69. The average molecular weight is 433 g/mol. The topological polar surface area (TPSA) is 110 Å². The van der Waals surface area contributed by atoms with E-state index in [2.05, 4.69) is 18.2 Å². The van der Waals surface area contributed by atoms with Crippen molar-refractivity contribution < 1.29 is 30.3 Å². The Morgan fingerprint density at radius 1 is 1.03 bits per heavy atom. The molecule has 5 atom stereocenters. The Kier molecular flexibility index (Phi) is 6.23. The minimum absolute atomic E-state index is 0.126. The maximum absolute atomic E-state index is 10.8. The summed E-state index contributed by atoms with van der Waals surface area (Å²) in [5.74, 6) is 0. The Morgan fingerprint density at radius 3 is 2.40 bits per heavy atom. The molecule has 0 aromatic heterocycles. The van der Waals surface area contributed by atoms with Gasteiger partial charge in [0.05, 0.1) is 24.6 Å². The number of ether oxygens (including phenoxy) is 1. The van der Waals surface area contributed by atoms with E-state index in [1.54, 1.807) is 0 Å². The molecule has 2 aromatic rings.